The average Bonchev–Trinajstić information content (AvgIpc) is 2.92. The molecule has 0 amide bonds. The number of ether oxygens (including phenoxy) is 2. The van der Waals surface area contributed by atoms with Crippen LogP contribution in [0.3, 0.4) is 0 Å². The van der Waals surface area contributed by atoms with Crippen LogP contribution in [0.4, 0.5) is 0 Å². The zero-order chi connectivity index (χ0) is 15.2. The smallest absolute Gasteiger partial charge is 0.130 e. The molecule has 0 aliphatic carbocycles. The maximum absolute atomic E-state index is 5.99. The van der Waals surface area contributed by atoms with Crippen LogP contribution in [-0.4, -0.2) is 16.7 Å². The van der Waals surface area contributed by atoms with Crippen LogP contribution in [0.5, 0.6) is 11.5 Å². The van der Waals surface area contributed by atoms with E-state index in [0.717, 1.165) is 35.7 Å². The lowest BCUT2D eigenvalue weighted by Gasteiger charge is -2.16. The summed E-state index contributed by atoms with van der Waals surface area (Å²) < 4.78 is 13.3. The van der Waals surface area contributed by atoms with Gasteiger partial charge in [0.05, 0.1) is 25.3 Å². The van der Waals surface area contributed by atoms with E-state index in [9.17, 15) is 0 Å². The van der Waals surface area contributed by atoms with Gasteiger partial charge in [-0.3, -0.25) is 0 Å². The van der Waals surface area contributed by atoms with E-state index >= 15 is 0 Å². The van der Waals surface area contributed by atoms with Gasteiger partial charge in [-0.15, -0.1) is 0 Å². The summed E-state index contributed by atoms with van der Waals surface area (Å²) in [5.41, 5.74) is 8.02. The molecule has 0 fully saturated rings. The molecular formula is C16H23N3O2. The van der Waals surface area contributed by atoms with Gasteiger partial charge in [0.2, 0.25) is 0 Å². The Bertz CT molecular complexity index is 579. The number of benzene rings is 1. The van der Waals surface area contributed by atoms with Gasteiger partial charge in [-0.1, -0.05) is 13.0 Å². The second kappa shape index (κ2) is 7.13. The predicted octanol–water partition coefficient (Wildman–Crippen LogP) is 2.90. The van der Waals surface area contributed by atoms with Crippen molar-refractivity contribution in [3.05, 3.63) is 42.0 Å². The molecule has 5 heteroatoms. The summed E-state index contributed by atoms with van der Waals surface area (Å²) in [4.78, 5) is 4.18. The van der Waals surface area contributed by atoms with Crippen LogP contribution < -0.4 is 15.2 Å². The number of methoxy groups -OCH3 is 1. The molecule has 0 aliphatic rings. The van der Waals surface area contributed by atoms with Crippen molar-refractivity contribution in [2.45, 2.75) is 39.5 Å². The molecule has 0 saturated heterocycles. The van der Waals surface area contributed by atoms with E-state index in [4.69, 9.17) is 15.2 Å². The summed E-state index contributed by atoms with van der Waals surface area (Å²) in [5.74, 6) is 1.52. The zero-order valence-corrected chi connectivity index (χ0v) is 12.9. The van der Waals surface area contributed by atoms with Crippen LogP contribution in [0.15, 0.2) is 30.7 Å². The largest absolute Gasteiger partial charge is 0.497 e. The molecule has 2 N–H and O–H groups in total. The first-order chi connectivity index (χ1) is 10.2. The first-order valence-electron chi connectivity index (χ1n) is 7.21. The summed E-state index contributed by atoms with van der Waals surface area (Å²) in [6.45, 7) is 5.49. The summed E-state index contributed by atoms with van der Waals surface area (Å²) in [7, 11) is 1.64. The van der Waals surface area contributed by atoms with Gasteiger partial charge in [-0.25, -0.2) is 4.98 Å². The summed E-state index contributed by atoms with van der Waals surface area (Å²) in [6, 6.07) is 5.63. The standard InChI is InChI=1S/C16H23N3O2/c1-4-7-19-11-18-9-13(19)10-21-16-8-14(20-3)5-6-15(16)12(2)17/h5-6,8-9,11-12H,4,7,10,17H2,1-3H3/t12-/m1/s1. The predicted molar refractivity (Wildman–Crippen MR) is 82.4 cm³/mol. The van der Waals surface area contributed by atoms with Crippen LogP contribution >= 0.6 is 0 Å². The Labute approximate surface area is 125 Å². The van der Waals surface area contributed by atoms with Crippen molar-refractivity contribution in [2.24, 2.45) is 5.73 Å². The highest BCUT2D eigenvalue weighted by molar-refractivity contribution is 5.42. The normalized spacial score (nSPS) is 12.2. The molecule has 0 aliphatic heterocycles. The van der Waals surface area contributed by atoms with Crippen LogP contribution in [0.25, 0.3) is 0 Å². The van der Waals surface area contributed by atoms with E-state index in [1.54, 1.807) is 7.11 Å². The van der Waals surface area contributed by atoms with Crippen molar-refractivity contribution in [3.63, 3.8) is 0 Å². The number of rotatable bonds is 7. The van der Waals surface area contributed by atoms with Gasteiger partial charge in [0, 0.05) is 24.2 Å². The van der Waals surface area contributed by atoms with E-state index < -0.39 is 0 Å². The van der Waals surface area contributed by atoms with Gasteiger partial charge < -0.3 is 19.8 Å². The summed E-state index contributed by atoms with van der Waals surface area (Å²) >= 11 is 0. The van der Waals surface area contributed by atoms with E-state index in [2.05, 4.69) is 16.5 Å². The van der Waals surface area contributed by atoms with Crippen molar-refractivity contribution in [2.75, 3.05) is 7.11 Å². The molecule has 2 rings (SSSR count). The molecule has 2 aromatic rings. The van der Waals surface area contributed by atoms with Crippen molar-refractivity contribution in [3.8, 4) is 11.5 Å². The Kier molecular flexibility index (Phi) is 5.22. The molecule has 21 heavy (non-hydrogen) atoms. The monoisotopic (exact) mass is 289 g/mol. The fourth-order valence-corrected chi connectivity index (χ4v) is 2.21. The Morgan fingerprint density at radius 2 is 2.19 bits per heavy atom. The van der Waals surface area contributed by atoms with E-state index in [1.807, 2.05) is 37.6 Å². The highest BCUT2D eigenvalue weighted by Crippen LogP contribution is 2.29. The van der Waals surface area contributed by atoms with Crippen molar-refractivity contribution >= 4 is 0 Å². The van der Waals surface area contributed by atoms with Gasteiger partial charge in [0.25, 0.3) is 0 Å². The quantitative estimate of drug-likeness (QED) is 0.851. The highest BCUT2D eigenvalue weighted by atomic mass is 16.5. The Balaban J connectivity index is 2.16. The second-order valence-electron chi connectivity index (χ2n) is 5.06. The fourth-order valence-electron chi connectivity index (χ4n) is 2.21. The first kappa shape index (κ1) is 15.4. The van der Waals surface area contributed by atoms with Crippen LogP contribution in [0, 0.1) is 0 Å². The number of nitrogens with two attached hydrogens (primary N) is 1. The Hall–Kier alpha value is -2.01. The lowest BCUT2D eigenvalue weighted by Crippen LogP contribution is -2.10. The average molecular weight is 289 g/mol. The van der Waals surface area contributed by atoms with Crippen molar-refractivity contribution < 1.29 is 9.47 Å². The topological polar surface area (TPSA) is 62.3 Å². The van der Waals surface area contributed by atoms with E-state index in [1.165, 1.54) is 0 Å². The summed E-state index contributed by atoms with van der Waals surface area (Å²) in [5, 5.41) is 0. The lowest BCUT2D eigenvalue weighted by atomic mass is 10.1. The summed E-state index contributed by atoms with van der Waals surface area (Å²) in [6.07, 6.45) is 4.73. The first-order valence-corrected chi connectivity index (χ1v) is 7.21. The molecule has 1 heterocycles. The maximum Gasteiger partial charge on any atom is 0.130 e. The van der Waals surface area contributed by atoms with Gasteiger partial charge in [-0.05, 0) is 19.4 Å². The molecular weight excluding hydrogens is 266 g/mol. The minimum Gasteiger partial charge on any atom is -0.497 e. The van der Waals surface area contributed by atoms with Gasteiger partial charge in [0.1, 0.15) is 18.1 Å². The van der Waals surface area contributed by atoms with Crippen LogP contribution in [0.1, 0.15) is 37.6 Å². The minimum atomic E-state index is -0.0912. The second-order valence-corrected chi connectivity index (χ2v) is 5.06. The maximum atomic E-state index is 5.99. The van der Waals surface area contributed by atoms with Gasteiger partial charge in [0.15, 0.2) is 0 Å². The van der Waals surface area contributed by atoms with E-state index in [0.29, 0.717) is 6.61 Å². The van der Waals surface area contributed by atoms with Crippen LogP contribution in [-0.2, 0) is 13.2 Å². The number of imidazole rings is 1. The third-order valence-corrected chi connectivity index (χ3v) is 3.35. The number of nitrogens with zero attached hydrogens (tertiary/aromatic N) is 2. The number of aryl methyl sites for hydroxylation is 1. The SMILES string of the molecule is CCCn1cncc1COc1cc(OC)ccc1[C@@H](C)N. The lowest BCUT2D eigenvalue weighted by molar-refractivity contribution is 0.288. The number of aromatic nitrogens is 2. The fraction of sp³-hybridized carbons (Fsp3) is 0.438. The third-order valence-electron chi connectivity index (χ3n) is 3.35. The highest BCUT2D eigenvalue weighted by Gasteiger charge is 2.11. The number of hydrogen-bond acceptors (Lipinski definition) is 4. The van der Waals surface area contributed by atoms with Gasteiger partial charge in [-0.2, -0.15) is 0 Å². The molecule has 1 atom stereocenters. The third kappa shape index (κ3) is 3.76. The number of hydrogen-bond donors (Lipinski definition) is 1. The molecule has 0 bridgehead atoms. The minimum absolute atomic E-state index is 0.0912. The van der Waals surface area contributed by atoms with Crippen molar-refractivity contribution in [1.29, 1.82) is 0 Å². The Morgan fingerprint density at radius 3 is 2.86 bits per heavy atom. The van der Waals surface area contributed by atoms with Crippen molar-refractivity contribution in [1.82, 2.24) is 9.55 Å². The molecule has 0 spiro atoms. The van der Waals surface area contributed by atoms with E-state index in [-0.39, 0.29) is 6.04 Å². The Morgan fingerprint density at radius 1 is 1.38 bits per heavy atom. The molecule has 0 saturated carbocycles. The zero-order valence-electron chi connectivity index (χ0n) is 12.9. The van der Waals surface area contributed by atoms with Crippen LogP contribution in [0.2, 0.25) is 0 Å². The molecule has 114 valence electrons. The molecule has 1 aromatic heterocycles. The molecule has 0 unspecified atom stereocenters. The molecule has 5 nitrogen and oxygen atoms in total. The molecule has 1 aromatic carbocycles. The molecule has 0 radical (unpaired) electrons. The van der Waals surface area contributed by atoms with Gasteiger partial charge >= 0.3 is 0 Å².